The number of carbonyl (C=O) groups excluding carboxylic acids is 1. The molecule has 0 saturated carbocycles. The largest absolute Gasteiger partial charge is 0.493 e. The lowest BCUT2D eigenvalue weighted by atomic mass is 10.1. The summed E-state index contributed by atoms with van der Waals surface area (Å²) in [4.78, 5) is 11.3. The van der Waals surface area contributed by atoms with E-state index in [-0.39, 0.29) is 5.78 Å². The van der Waals surface area contributed by atoms with E-state index in [1.165, 1.54) is 6.92 Å². The quantitative estimate of drug-likeness (QED) is 0.787. The van der Waals surface area contributed by atoms with E-state index in [2.05, 4.69) is 15.9 Å². The van der Waals surface area contributed by atoms with Crippen LogP contribution in [0.15, 0.2) is 16.6 Å². The number of halogens is 2. The second kappa shape index (κ2) is 4.80. The fourth-order valence-corrected chi connectivity index (χ4v) is 1.58. The number of rotatable bonds is 3. The first-order chi connectivity index (χ1) is 6.56. The third-order valence-electron chi connectivity index (χ3n) is 1.70. The number of benzene rings is 1. The van der Waals surface area contributed by atoms with Gasteiger partial charge in [0.05, 0.1) is 17.2 Å². The molecule has 0 spiro atoms. The maximum absolute atomic E-state index is 11.3. The van der Waals surface area contributed by atoms with Gasteiger partial charge in [-0.05, 0) is 35.8 Å². The molecule has 0 fully saturated rings. The molecule has 0 atom stereocenters. The lowest BCUT2D eigenvalue weighted by Gasteiger charge is -2.09. The number of carbonyl (C=O) groups is 1. The van der Waals surface area contributed by atoms with Gasteiger partial charge in [0.15, 0.2) is 5.78 Å². The number of Topliss-reactive ketones (excluding diaryl/α,β-unsaturated/α-hetero) is 1. The molecule has 0 aliphatic rings. The SMILES string of the molecule is CCOc1cc(Cl)c(Br)cc1C(C)=O. The molecule has 0 unspecified atom stereocenters. The molecule has 0 aliphatic heterocycles. The van der Waals surface area contributed by atoms with Crippen molar-refractivity contribution < 1.29 is 9.53 Å². The predicted octanol–water partition coefficient (Wildman–Crippen LogP) is 3.70. The Bertz CT molecular complexity index is 363. The molecule has 4 heteroatoms. The van der Waals surface area contributed by atoms with Gasteiger partial charge in [0.2, 0.25) is 0 Å². The molecule has 1 aromatic carbocycles. The lowest BCUT2D eigenvalue weighted by molar-refractivity contribution is 0.101. The normalized spacial score (nSPS) is 10.0. The zero-order chi connectivity index (χ0) is 10.7. The first-order valence-corrected chi connectivity index (χ1v) is 5.36. The summed E-state index contributed by atoms with van der Waals surface area (Å²) in [6.07, 6.45) is 0. The summed E-state index contributed by atoms with van der Waals surface area (Å²) < 4.78 is 6.01. The highest BCUT2D eigenvalue weighted by Gasteiger charge is 2.11. The highest BCUT2D eigenvalue weighted by atomic mass is 79.9. The summed E-state index contributed by atoms with van der Waals surface area (Å²) >= 11 is 9.15. The number of ketones is 1. The predicted molar refractivity (Wildman–Crippen MR) is 60.3 cm³/mol. The van der Waals surface area contributed by atoms with Crippen LogP contribution in [0, 0.1) is 0 Å². The third kappa shape index (κ3) is 2.49. The van der Waals surface area contributed by atoms with Gasteiger partial charge in [-0.15, -0.1) is 0 Å². The minimum absolute atomic E-state index is 0.0363. The third-order valence-corrected chi connectivity index (χ3v) is 2.90. The van der Waals surface area contributed by atoms with Crippen molar-refractivity contribution in [2.75, 3.05) is 6.61 Å². The van der Waals surface area contributed by atoms with Crippen molar-refractivity contribution in [3.8, 4) is 5.75 Å². The highest BCUT2D eigenvalue weighted by molar-refractivity contribution is 9.10. The standard InChI is InChI=1S/C10H10BrClO2/c1-3-14-10-5-9(12)8(11)4-7(10)6(2)13/h4-5H,3H2,1-2H3. The van der Waals surface area contributed by atoms with Crippen LogP contribution in [-0.2, 0) is 0 Å². The van der Waals surface area contributed by atoms with Crippen LogP contribution in [-0.4, -0.2) is 12.4 Å². The second-order valence-corrected chi connectivity index (χ2v) is 4.01. The van der Waals surface area contributed by atoms with E-state index in [1.54, 1.807) is 12.1 Å². The van der Waals surface area contributed by atoms with E-state index in [0.29, 0.717) is 27.4 Å². The fourth-order valence-electron chi connectivity index (χ4n) is 1.08. The summed E-state index contributed by atoms with van der Waals surface area (Å²) in [6, 6.07) is 3.32. The van der Waals surface area contributed by atoms with Crippen molar-refractivity contribution in [2.24, 2.45) is 0 Å². The Hall–Kier alpha value is -0.540. The maximum atomic E-state index is 11.3. The Morgan fingerprint density at radius 1 is 1.57 bits per heavy atom. The molecule has 1 rings (SSSR count). The zero-order valence-corrected chi connectivity index (χ0v) is 10.3. The molecule has 0 aromatic heterocycles. The van der Waals surface area contributed by atoms with Crippen LogP contribution < -0.4 is 4.74 Å². The molecule has 1 aromatic rings. The van der Waals surface area contributed by atoms with Gasteiger partial charge >= 0.3 is 0 Å². The first kappa shape index (κ1) is 11.5. The van der Waals surface area contributed by atoms with Crippen molar-refractivity contribution in [3.63, 3.8) is 0 Å². The summed E-state index contributed by atoms with van der Waals surface area (Å²) in [6.45, 7) is 3.87. The van der Waals surface area contributed by atoms with Gasteiger partial charge < -0.3 is 4.74 Å². The molecule has 14 heavy (non-hydrogen) atoms. The minimum atomic E-state index is -0.0363. The van der Waals surface area contributed by atoms with E-state index in [0.717, 1.165) is 0 Å². The smallest absolute Gasteiger partial charge is 0.163 e. The van der Waals surface area contributed by atoms with Crippen LogP contribution in [0.5, 0.6) is 5.75 Å². The van der Waals surface area contributed by atoms with E-state index >= 15 is 0 Å². The van der Waals surface area contributed by atoms with Gasteiger partial charge in [0.1, 0.15) is 5.75 Å². The van der Waals surface area contributed by atoms with E-state index in [4.69, 9.17) is 16.3 Å². The lowest BCUT2D eigenvalue weighted by Crippen LogP contribution is -2.00. The molecule has 2 nitrogen and oxygen atoms in total. The summed E-state index contributed by atoms with van der Waals surface area (Å²) in [7, 11) is 0. The topological polar surface area (TPSA) is 26.3 Å². The molecule has 0 aliphatic carbocycles. The average molecular weight is 278 g/mol. The first-order valence-electron chi connectivity index (χ1n) is 4.19. The number of ether oxygens (including phenoxy) is 1. The van der Waals surface area contributed by atoms with Gasteiger partial charge in [-0.1, -0.05) is 11.6 Å². The van der Waals surface area contributed by atoms with Crippen molar-refractivity contribution in [2.45, 2.75) is 13.8 Å². The van der Waals surface area contributed by atoms with Gasteiger partial charge in [0, 0.05) is 10.5 Å². The van der Waals surface area contributed by atoms with E-state index in [1.807, 2.05) is 6.92 Å². The van der Waals surface area contributed by atoms with E-state index in [9.17, 15) is 4.79 Å². The van der Waals surface area contributed by atoms with Crippen molar-refractivity contribution in [3.05, 3.63) is 27.2 Å². The molecule has 0 radical (unpaired) electrons. The molecule has 76 valence electrons. The van der Waals surface area contributed by atoms with Gasteiger partial charge in [-0.3, -0.25) is 4.79 Å². The van der Waals surface area contributed by atoms with Crippen LogP contribution >= 0.6 is 27.5 Å². The molecule has 0 N–H and O–H groups in total. The van der Waals surface area contributed by atoms with Crippen molar-refractivity contribution in [1.82, 2.24) is 0 Å². The Morgan fingerprint density at radius 2 is 2.21 bits per heavy atom. The van der Waals surface area contributed by atoms with Crippen LogP contribution in [0.2, 0.25) is 5.02 Å². The molecular formula is C10H10BrClO2. The zero-order valence-electron chi connectivity index (χ0n) is 7.93. The molecule has 0 heterocycles. The summed E-state index contributed by atoms with van der Waals surface area (Å²) in [5.74, 6) is 0.499. The van der Waals surface area contributed by atoms with Crippen LogP contribution in [0.3, 0.4) is 0 Å². The van der Waals surface area contributed by atoms with Crippen molar-refractivity contribution in [1.29, 1.82) is 0 Å². The van der Waals surface area contributed by atoms with Crippen LogP contribution in [0.25, 0.3) is 0 Å². The Morgan fingerprint density at radius 3 is 2.71 bits per heavy atom. The second-order valence-electron chi connectivity index (χ2n) is 2.75. The van der Waals surface area contributed by atoms with Gasteiger partial charge in [0.25, 0.3) is 0 Å². The summed E-state index contributed by atoms with van der Waals surface area (Å²) in [5, 5.41) is 0.540. The van der Waals surface area contributed by atoms with Gasteiger partial charge in [-0.2, -0.15) is 0 Å². The Kier molecular flexibility index (Phi) is 3.96. The highest BCUT2D eigenvalue weighted by Crippen LogP contribution is 2.31. The Balaban J connectivity index is 3.24. The Labute approximate surface area is 96.3 Å². The fraction of sp³-hybridized carbons (Fsp3) is 0.300. The molecule has 0 amide bonds. The average Bonchev–Trinajstić information content (AvgIpc) is 2.11. The number of hydrogen-bond donors (Lipinski definition) is 0. The molecular weight excluding hydrogens is 267 g/mol. The van der Waals surface area contributed by atoms with Gasteiger partial charge in [-0.25, -0.2) is 0 Å². The van der Waals surface area contributed by atoms with Crippen molar-refractivity contribution >= 4 is 33.3 Å². The van der Waals surface area contributed by atoms with Crippen LogP contribution in [0.4, 0.5) is 0 Å². The van der Waals surface area contributed by atoms with Crippen LogP contribution in [0.1, 0.15) is 24.2 Å². The molecule has 0 bridgehead atoms. The number of hydrogen-bond acceptors (Lipinski definition) is 2. The maximum Gasteiger partial charge on any atom is 0.163 e. The van der Waals surface area contributed by atoms with E-state index < -0.39 is 0 Å². The summed E-state index contributed by atoms with van der Waals surface area (Å²) in [5.41, 5.74) is 0.545. The minimum Gasteiger partial charge on any atom is -0.493 e. The molecule has 0 saturated heterocycles. The monoisotopic (exact) mass is 276 g/mol.